The van der Waals surface area contributed by atoms with E-state index in [4.69, 9.17) is 94.8 Å². The maximum absolute atomic E-state index is 11.5. The number of aromatic amines is 1. The van der Waals surface area contributed by atoms with Crippen LogP contribution in [0.1, 0.15) is 165 Å². The molecule has 122 heavy (non-hydrogen) atoms. The van der Waals surface area contributed by atoms with Crippen LogP contribution in [-0.4, -0.2) is 101 Å². The Kier molecular flexibility index (Phi) is 33.9. The van der Waals surface area contributed by atoms with E-state index in [0.29, 0.717) is 77.0 Å². The number of phenolic OH excluding ortho intramolecular Hbond substituents is 1. The Hall–Kier alpha value is -10.2. The summed E-state index contributed by atoms with van der Waals surface area (Å²) in [6.45, 7) is 31.0. The van der Waals surface area contributed by atoms with Crippen molar-refractivity contribution in [3.05, 3.63) is 323 Å². The summed E-state index contributed by atoms with van der Waals surface area (Å²) in [4.78, 5) is 37.9. The number of halogens is 5. The van der Waals surface area contributed by atoms with Crippen LogP contribution >= 0.6 is 69.0 Å². The zero-order valence-electron chi connectivity index (χ0n) is 72.0. The smallest absolute Gasteiger partial charge is 0.163 e. The summed E-state index contributed by atoms with van der Waals surface area (Å²) < 4.78 is 45.5. The lowest BCUT2D eigenvalue weighted by Gasteiger charge is -2.38. The Morgan fingerprint density at radius 1 is 0.451 bits per heavy atom. The predicted molar refractivity (Wildman–Crippen MR) is 508 cm³/mol. The van der Waals surface area contributed by atoms with Crippen LogP contribution in [-0.2, 0) is 6.42 Å². The number of hydrogen-bond acceptors (Lipinski definition) is 15. The van der Waals surface area contributed by atoms with Gasteiger partial charge < -0.3 is 61.9 Å². The van der Waals surface area contributed by atoms with Crippen molar-refractivity contribution in [1.82, 2.24) is 28.4 Å². The molecule has 640 valence electrons. The molecule has 5 atom stereocenters. The quantitative estimate of drug-likeness (QED) is 0.0281. The van der Waals surface area contributed by atoms with Crippen molar-refractivity contribution in [2.45, 2.75) is 142 Å². The number of aromatic nitrogens is 6. The first-order valence-electron chi connectivity index (χ1n) is 39.6. The van der Waals surface area contributed by atoms with Gasteiger partial charge in [0.1, 0.15) is 53.9 Å². The molecule has 14 rings (SSSR count). The maximum atomic E-state index is 11.5. The summed E-state index contributed by atoms with van der Waals surface area (Å²) in [6.07, 6.45) is 12.4. The molecule has 0 fully saturated rings. The third-order valence-corrected chi connectivity index (χ3v) is 34.2. The van der Waals surface area contributed by atoms with Gasteiger partial charge in [-0.15, -0.1) is 0 Å². The normalized spacial score (nSPS) is 12.6. The highest BCUT2D eigenvalue weighted by molar-refractivity contribution is 14.1. The van der Waals surface area contributed by atoms with Gasteiger partial charge in [0.2, 0.25) is 0 Å². The number of ether oxygens (including phenoxy) is 7. The number of aliphatic hydroxyl groups is 2. The molecule has 0 saturated carbocycles. The van der Waals surface area contributed by atoms with E-state index in [-0.39, 0.29) is 29.1 Å². The summed E-state index contributed by atoms with van der Waals surface area (Å²) in [5.74, 6) is 4.11. The predicted octanol–water partition coefficient (Wildman–Crippen LogP) is 26.1. The molecule has 25 heteroatoms. The highest BCUT2D eigenvalue weighted by Crippen LogP contribution is 2.44. The SMILES string of the molecule is CC(C)(C)[Si](C)(C)n1cc(I)c2cccnc21.CC(O)c1ccc(Cl)cc1.COc1cc(C(O)c2cn([Si](C)(C)C(C)(C)C)c3ncccc23)ccc1OC(C)c1ccc(Cl)cc1.COc1cc(C=O)ccc1O.COc1cc(C=O)ccc1OC(C)c1ccc(Cl)cc1.COc1cc(Cc2c[nH]c3ncccc23)ccc1OC(C)c1ccc(Cl)cc1. The molecular weight excluding hydrogens is 1770 g/mol. The van der Waals surface area contributed by atoms with Crippen molar-refractivity contribution in [2.75, 3.05) is 28.4 Å². The van der Waals surface area contributed by atoms with Gasteiger partial charge in [0.25, 0.3) is 0 Å². The number of phenols is 1. The zero-order valence-corrected chi connectivity index (χ0v) is 79.2. The van der Waals surface area contributed by atoms with Crippen molar-refractivity contribution in [3.8, 4) is 46.0 Å². The van der Waals surface area contributed by atoms with Crippen LogP contribution in [0.3, 0.4) is 0 Å². The second-order valence-corrected chi connectivity index (χ2v) is 45.2. The van der Waals surface area contributed by atoms with E-state index in [1.165, 1.54) is 39.8 Å². The number of fused-ring (bicyclic) bond motifs is 3. The number of methoxy groups -OCH3 is 4. The number of aromatic hydroxyl groups is 1. The number of hydrogen-bond donors (Lipinski definition) is 4. The molecule has 0 spiro atoms. The average Bonchev–Trinajstić information content (AvgIpc) is 1.63. The number of carbonyl (C=O) groups is 2. The third kappa shape index (κ3) is 24.6. The number of aldehydes is 2. The van der Waals surface area contributed by atoms with E-state index in [1.54, 1.807) is 64.8 Å². The van der Waals surface area contributed by atoms with Gasteiger partial charge in [-0.1, -0.05) is 175 Å². The Morgan fingerprint density at radius 3 is 1.28 bits per heavy atom. The van der Waals surface area contributed by atoms with Gasteiger partial charge >= 0.3 is 0 Å². The Bertz CT molecular complexity index is 5780. The summed E-state index contributed by atoms with van der Waals surface area (Å²) >= 11 is 25.9. The number of H-pyrrole nitrogens is 1. The van der Waals surface area contributed by atoms with Crippen LogP contribution < -0.4 is 33.2 Å². The Morgan fingerprint density at radius 2 is 0.828 bits per heavy atom. The van der Waals surface area contributed by atoms with Crippen LogP contribution in [0.15, 0.2) is 243 Å². The van der Waals surface area contributed by atoms with Crippen LogP contribution in [0, 0.1) is 3.57 Å². The van der Waals surface area contributed by atoms with E-state index >= 15 is 0 Å². The number of pyridine rings is 3. The Labute approximate surface area is 751 Å². The first-order valence-corrected chi connectivity index (χ1v) is 48.1. The van der Waals surface area contributed by atoms with Crippen LogP contribution in [0.4, 0.5) is 0 Å². The number of carbonyl (C=O) groups excluding carboxylic acids is 2. The number of nitrogens with one attached hydrogen (secondary N) is 1. The van der Waals surface area contributed by atoms with E-state index in [2.05, 4.69) is 144 Å². The van der Waals surface area contributed by atoms with Gasteiger partial charge in [-0.2, -0.15) is 0 Å². The number of aliphatic hydroxyl groups excluding tert-OH is 2. The molecule has 0 amide bonds. The second-order valence-electron chi connectivity index (χ2n) is 32.1. The van der Waals surface area contributed by atoms with Gasteiger partial charge in [0, 0.05) is 93.7 Å². The van der Waals surface area contributed by atoms with Crippen molar-refractivity contribution < 1.29 is 58.1 Å². The summed E-state index contributed by atoms with van der Waals surface area (Å²) in [5, 5.41) is 36.3. The molecule has 0 radical (unpaired) electrons. The minimum atomic E-state index is -1.96. The molecule has 0 aliphatic rings. The standard InChI is InChI=1S/C29H35ClN2O3Si.C23H21ClN2O2.C16H15ClO3.C13H19IN2Si.C8H9ClO.C8H8O3/c1-19(20-10-13-22(30)14-11-20)35-25-15-12-21(17-26(25)34-5)27(33)24-18-32(36(6,7)29(2,3)4)28-23(24)9-8-16-31-28;1-15(17-6-8-19(24)9-7-17)28-21-10-5-16(13-22(21)27-2)12-18-14-26-23-20(18)4-3-11-25-23;1-11(13-4-6-14(17)7-5-13)20-15-8-3-12(10-18)9-16(15)19-2;1-13(2,3)17(4,5)16-9-11(14)10-7-6-8-15-12(10)16;1-6(10)7-2-4-8(9)5-3-7;1-11-8-4-6(5-9)2-3-7(8)10/h8-19,27,33H,1-7H3;3-11,13-15H,12H2,1-2H3,(H,25,26);3-11H,1-2H3;6-9H,1-5H3;2-6,10H,1H3;2-5,10H,1H3. The fourth-order valence-electron chi connectivity index (χ4n) is 12.7. The molecular formula is C97H107Cl4IN6O12Si2. The molecule has 8 aromatic carbocycles. The highest BCUT2D eigenvalue weighted by atomic mass is 127. The first-order chi connectivity index (χ1) is 57.9. The van der Waals surface area contributed by atoms with Crippen molar-refractivity contribution in [2.24, 2.45) is 0 Å². The molecule has 0 bridgehead atoms. The van der Waals surface area contributed by atoms with E-state index < -0.39 is 28.7 Å². The van der Waals surface area contributed by atoms with Gasteiger partial charge in [-0.3, -0.25) is 9.59 Å². The van der Waals surface area contributed by atoms with Crippen LogP contribution in [0.2, 0.25) is 56.4 Å². The lowest BCUT2D eigenvalue weighted by Crippen LogP contribution is -2.45. The number of benzene rings is 8. The Balaban J connectivity index is 0.000000175. The van der Waals surface area contributed by atoms with Gasteiger partial charge in [0.05, 0.1) is 34.5 Å². The van der Waals surface area contributed by atoms with Crippen molar-refractivity contribution >= 4 is 131 Å². The summed E-state index contributed by atoms with van der Waals surface area (Å²) in [6, 6.07) is 63.2. The fraction of sp³-hybridized carbons (Fsp3) is 0.268. The van der Waals surface area contributed by atoms with Crippen molar-refractivity contribution in [3.63, 3.8) is 0 Å². The lowest BCUT2D eigenvalue weighted by molar-refractivity contribution is 0.111. The molecule has 0 aliphatic carbocycles. The molecule has 6 aromatic heterocycles. The molecule has 0 saturated heterocycles. The lowest BCUT2D eigenvalue weighted by atomic mass is 10.0. The summed E-state index contributed by atoms with van der Waals surface area (Å²) in [5.41, 5.74) is 11.9. The topological polar surface area (TPSA) is 224 Å². The van der Waals surface area contributed by atoms with Crippen LogP contribution in [0.5, 0.6) is 46.0 Å². The molecule has 14 aromatic rings. The number of nitrogens with zero attached hydrogens (tertiary/aromatic N) is 5. The second kappa shape index (κ2) is 43.2. The first kappa shape index (κ1) is 95.6. The van der Waals surface area contributed by atoms with Gasteiger partial charge in [0.15, 0.2) is 62.5 Å². The largest absolute Gasteiger partial charge is 0.504 e. The monoisotopic (exact) mass is 1870 g/mol. The van der Waals surface area contributed by atoms with Crippen molar-refractivity contribution in [1.29, 1.82) is 0 Å². The van der Waals surface area contributed by atoms with Gasteiger partial charge in [-0.05, 0) is 251 Å². The van der Waals surface area contributed by atoms with E-state index in [1.807, 2.05) is 179 Å². The minimum absolute atomic E-state index is 0.0399. The minimum Gasteiger partial charge on any atom is -0.504 e. The summed E-state index contributed by atoms with van der Waals surface area (Å²) in [7, 11) is 2.71. The highest BCUT2D eigenvalue weighted by Gasteiger charge is 2.41. The maximum Gasteiger partial charge on any atom is 0.163 e. The third-order valence-electron chi connectivity index (χ3n) is 21.9. The molecule has 0 aliphatic heterocycles. The fourth-order valence-corrected chi connectivity index (χ4v) is 17.9. The molecule has 5 unspecified atom stereocenters. The number of rotatable bonds is 22. The van der Waals surface area contributed by atoms with Gasteiger partial charge in [-0.25, -0.2) is 15.0 Å². The van der Waals surface area contributed by atoms with E-state index in [0.717, 1.165) is 85.1 Å². The van der Waals surface area contributed by atoms with E-state index in [9.17, 15) is 14.7 Å². The average molecular weight is 1870 g/mol. The molecule has 18 nitrogen and oxygen atoms in total. The molecule has 4 N–H and O–H groups in total. The zero-order chi connectivity index (χ0) is 89.0. The molecule has 6 heterocycles. The van der Waals surface area contributed by atoms with Crippen LogP contribution in [0.25, 0.3) is 33.1 Å².